The molecule has 1 aromatic heterocycles. The molecule has 2 aromatic rings. The molecule has 0 atom stereocenters. The van der Waals surface area contributed by atoms with E-state index < -0.39 is 0 Å². The molecule has 1 aromatic carbocycles. The Kier molecular flexibility index (Phi) is 8.44. The van der Waals surface area contributed by atoms with Gasteiger partial charge in [0.05, 0.1) is 6.54 Å². The lowest BCUT2D eigenvalue weighted by atomic mass is 10.1. The van der Waals surface area contributed by atoms with Gasteiger partial charge < -0.3 is 15.1 Å². The summed E-state index contributed by atoms with van der Waals surface area (Å²) in [5.74, 6) is 1.80. The van der Waals surface area contributed by atoms with E-state index in [1.807, 2.05) is 6.07 Å². The normalized spacial score (nSPS) is 15.0. The lowest BCUT2D eigenvalue weighted by Crippen LogP contribution is -2.52. The highest BCUT2D eigenvalue weighted by atomic mass is 15.4. The molecule has 1 aliphatic rings. The third kappa shape index (κ3) is 6.16. The molecular weight excluding hydrogens is 374 g/mol. The minimum atomic E-state index is 0.691. The number of hydrogen-bond donors (Lipinski definition) is 1. The number of aliphatic imine (C=N–C) groups is 1. The number of nitrogens with one attached hydrogen (secondary N) is 1. The molecule has 2 heterocycles. The summed E-state index contributed by atoms with van der Waals surface area (Å²) in [6.07, 6.45) is 3.60. The zero-order valence-electron chi connectivity index (χ0n) is 18.6. The van der Waals surface area contributed by atoms with Gasteiger partial charge in [0.2, 0.25) is 5.95 Å². The number of rotatable bonds is 8. The fourth-order valence-corrected chi connectivity index (χ4v) is 3.70. The van der Waals surface area contributed by atoms with E-state index in [0.717, 1.165) is 64.3 Å². The van der Waals surface area contributed by atoms with Crippen molar-refractivity contribution in [2.24, 2.45) is 4.99 Å². The zero-order chi connectivity index (χ0) is 21.2. The molecule has 0 saturated carbocycles. The van der Waals surface area contributed by atoms with E-state index in [-0.39, 0.29) is 0 Å². The Bertz CT molecular complexity index is 781. The quantitative estimate of drug-likeness (QED) is 0.534. The van der Waals surface area contributed by atoms with E-state index >= 15 is 0 Å². The molecule has 1 N–H and O–H groups in total. The molecule has 7 heteroatoms. The van der Waals surface area contributed by atoms with Gasteiger partial charge in [-0.1, -0.05) is 38.1 Å². The summed E-state index contributed by atoms with van der Waals surface area (Å²) in [6.45, 7) is 14.8. The second-order valence-electron chi connectivity index (χ2n) is 7.47. The van der Waals surface area contributed by atoms with Crippen LogP contribution in [0.1, 0.15) is 31.9 Å². The van der Waals surface area contributed by atoms with Gasteiger partial charge >= 0.3 is 0 Å². The van der Waals surface area contributed by atoms with Gasteiger partial charge in [0.1, 0.15) is 0 Å². The Hall–Kier alpha value is -2.67. The first-order valence-corrected chi connectivity index (χ1v) is 11.1. The van der Waals surface area contributed by atoms with Crippen molar-refractivity contribution >= 4 is 11.9 Å². The minimum absolute atomic E-state index is 0.691. The summed E-state index contributed by atoms with van der Waals surface area (Å²) in [6, 6.07) is 10.7. The van der Waals surface area contributed by atoms with Crippen molar-refractivity contribution in [2.75, 3.05) is 50.7 Å². The molecule has 1 saturated heterocycles. The Morgan fingerprint density at radius 3 is 2.37 bits per heavy atom. The van der Waals surface area contributed by atoms with Gasteiger partial charge in [-0.25, -0.2) is 15.0 Å². The van der Waals surface area contributed by atoms with Crippen molar-refractivity contribution in [3.8, 4) is 0 Å². The van der Waals surface area contributed by atoms with Crippen LogP contribution in [-0.2, 0) is 13.1 Å². The van der Waals surface area contributed by atoms with Crippen LogP contribution in [0.5, 0.6) is 0 Å². The Balaban J connectivity index is 1.61. The third-order valence-corrected chi connectivity index (χ3v) is 5.45. The highest BCUT2D eigenvalue weighted by Crippen LogP contribution is 2.12. The summed E-state index contributed by atoms with van der Waals surface area (Å²) in [5.41, 5.74) is 2.61. The molecule has 0 aliphatic carbocycles. The zero-order valence-corrected chi connectivity index (χ0v) is 18.6. The van der Waals surface area contributed by atoms with Crippen LogP contribution in [0.4, 0.5) is 5.95 Å². The van der Waals surface area contributed by atoms with Crippen LogP contribution >= 0.6 is 0 Å². The van der Waals surface area contributed by atoms with E-state index in [2.05, 4.69) is 75.0 Å². The van der Waals surface area contributed by atoms with Gasteiger partial charge in [-0.05, 0) is 37.2 Å². The molecule has 0 radical (unpaired) electrons. The molecular formula is C23H35N7. The van der Waals surface area contributed by atoms with Crippen LogP contribution in [0, 0.1) is 0 Å². The highest BCUT2D eigenvalue weighted by molar-refractivity contribution is 5.80. The van der Waals surface area contributed by atoms with Crippen LogP contribution in [0.25, 0.3) is 0 Å². The molecule has 0 amide bonds. The van der Waals surface area contributed by atoms with Crippen molar-refractivity contribution < 1.29 is 0 Å². The number of nitrogens with zero attached hydrogens (tertiary/aromatic N) is 6. The fraction of sp³-hybridized carbons (Fsp3) is 0.522. The summed E-state index contributed by atoms with van der Waals surface area (Å²) in [7, 11) is 0. The topological polar surface area (TPSA) is 59.9 Å². The number of guanidine groups is 1. The van der Waals surface area contributed by atoms with E-state index in [0.29, 0.717) is 6.54 Å². The molecule has 1 fully saturated rings. The molecule has 0 bridgehead atoms. The van der Waals surface area contributed by atoms with Crippen molar-refractivity contribution in [3.05, 3.63) is 53.9 Å². The van der Waals surface area contributed by atoms with Crippen molar-refractivity contribution in [1.29, 1.82) is 0 Å². The maximum atomic E-state index is 4.93. The third-order valence-electron chi connectivity index (χ3n) is 5.45. The number of anilines is 1. The van der Waals surface area contributed by atoms with Crippen LogP contribution < -0.4 is 10.2 Å². The number of benzene rings is 1. The molecule has 7 nitrogen and oxygen atoms in total. The second kappa shape index (κ2) is 11.5. The van der Waals surface area contributed by atoms with Gasteiger partial charge in [0.15, 0.2) is 5.96 Å². The predicted octanol–water partition coefficient (Wildman–Crippen LogP) is 2.61. The lowest BCUT2D eigenvalue weighted by Gasteiger charge is -2.36. The van der Waals surface area contributed by atoms with Crippen molar-refractivity contribution in [1.82, 2.24) is 25.1 Å². The SMILES string of the molecule is CCNC(=NCc1cccc(CN(CC)CC)c1)N1CCN(c2ncccn2)CC1. The molecule has 30 heavy (non-hydrogen) atoms. The Labute approximate surface area is 180 Å². The summed E-state index contributed by atoms with van der Waals surface area (Å²) in [4.78, 5) is 20.7. The Morgan fingerprint density at radius 2 is 1.70 bits per heavy atom. The summed E-state index contributed by atoms with van der Waals surface area (Å²) in [5, 5.41) is 3.46. The van der Waals surface area contributed by atoms with Crippen LogP contribution in [0.15, 0.2) is 47.7 Å². The van der Waals surface area contributed by atoms with E-state index in [1.54, 1.807) is 12.4 Å². The Morgan fingerprint density at radius 1 is 1.00 bits per heavy atom. The van der Waals surface area contributed by atoms with Crippen molar-refractivity contribution in [3.63, 3.8) is 0 Å². The second-order valence-corrected chi connectivity index (χ2v) is 7.47. The predicted molar refractivity (Wildman–Crippen MR) is 124 cm³/mol. The van der Waals surface area contributed by atoms with E-state index in [1.165, 1.54) is 11.1 Å². The number of aromatic nitrogens is 2. The van der Waals surface area contributed by atoms with E-state index in [9.17, 15) is 0 Å². The minimum Gasteiger partial charge on any atom is -0.357 e. The highest BCUT2D eigenvalue weighted by Gasteiger charge is 2.21. The van der Waals surface area contributed by atoms with Crippen LogP contribution in [0.3, 0.4) is 0 Å². The average molecular weight is 410 g/mol. The molecule has 1 aliphatic heterocycles. The smallest absolute Gasteiger partial charge is 0.225 e. The number of hydrogen-bond acceptors (Lipinski definition) is 5. The van der Waals surface area contributed by atoms with Gasteiger partial charge in [-0.2, -0.15) is 0 Å². The molecule has 0 unspecified atom stereocenters. The van der Waals surface area contributed by atoms with Crippen LogP contribution in [-0.4, -0.2) is 71.5 Å². The molecule has 0 spiro atoms. The average Bonchev–Trinajstić information content (AvgIpc) is 2.81. The summed E-state index contributed by atoms with van der Waals surface area (Å²) >= 11 is 0. The van der Waals surface area contributed by atoms with Gasteiger partial charge in [-0.3, -0.25) is 4.90 Å². The largest absolute Gasteiger partial charge is 0.357 e. The monoisotopic (exact) mass is 409 g/mol. The molecule has 162 valence electrons. The molecule has 3 rings (SSSR count). The standard InChI is InChI=1S/C23H35N7/c1-4-24-22(29-13-15-30(16-14-29)23-25-11-8-12-26-23)27-18-20-9-7-10-21(17-20)19-28(5-2)6-3/h7-12,17H,4-6,13-16,18-19H2,1-3H3,(H,24,27). The van der Waals surface area contributed by atoms with Gasteiger partial charge in [0, 0.05) is 51.7 Å². The summed E-state index contributed by atoms with van der Waals surface area (Å²) < 4.78 is 0. The van der Waals surface area contributed by atoms with E-state index in [4.69, 9.17) is 4.99 Å². The van der Waals surface area contributed by atoms with Crippen molar-refractivity contribution in [2.45, 2.75) is 33.9 Å². The first-order chi connectivity index (χ1) is 14.7. The van der Waals surface area contributed by atoms with Crippen LogP contribution in [0.2, 0.25) is 0 Å². The maximum Gasteiger partial charge on any atom is 0.225 e. The van der Waals surface area contributed by atoms with Gasteiger partial charge in [-0.15, -0.1) is 0 Å². The first-order valence-electron chi connectivity index (χ1n) is 11.1. The number of piperazine rings is 1. The fourth-order valence-electron chi connectivity index (χ4n) is 3.70. The van der Waals surface area contributed by atoms with Gasteiger partial charge in [0.25, 0.3) is 0 Å². The lowest BCUT2D eigenvalue weighted by molar-refractivity contribution is 0.296. The maximum absolute atomic E-state index is 4.93. The first kappa shape index (κ1) is 22.0.